The van der Waals surface area contributed by atoms with Crippen molar-refractivity contribution < 1.29 is 0 Å². The van der Waals surface area contributed by atoms with Gasteiger partial charge in [-0.25, -0.2) is 0 Å². The quantitative estimate of drug-likeness (QED) is 0.855. The highest BCUT2D eigenvalue weighted by Gasteiger charge is 2.01. The molecule has 4 nitrogen and oxygen atoms in total. The minimum Gasteiger partial charge on any atom is -0.316 e. The molecule has 0 aliphatic heterocycles. The second-order valence-electron chi connectivity index (χ2n) is 5.08. The first-order chi connectivity index (χ1) is 9.49. The summed E-state index contributed by atoms with van der Waals surface area (Å²) in [6.07, 6.45) is 3.47. The van der Waals surface area contributed by atoms with Crippen molar-refractivity contribution in [2.24, 2.45) is 13.0 Å². The molecule has 0 fully saturated rings. The third-order valence-electron chi connectivity index (χ3n) is 2.98. The predicted molar refractivity (Wildman–Crippen MR) is 80.9 cm³/mol. The van der Waals surface area contributed by atoms with Gasteiger partial charge in [0.1, 0.15) is 10.7 Å². The van der Waals surface area contributed by atoms with Crippen LogP contribution in [0.25, 0.3) is 12.2 Å². The van der Waals surface area contributed by atoms with Crippen LogP contribution in [0.1, 0.15) is 19.4 Å². The lowest BCUT2D eigenvalue weighted by molar-refractivity contribution is 0.768. The van der Waals surface area contributed by atoms with E-state index in [0.29, 0.717) is 10.7 Å². The fraction of sp³-hybridized carbons (Fsp3) is 0.250. The maximum absolute atomic E-state index is 12.2. The van der Waals surface area contributed by atoms with Crippen LogP contribution in [0.3, 0.4) is 0 Å². The number of nitrogens with one attached hydrogen (secondary N) is 1. The predicted octanol–water partition coefficient (Wildman–Crippen LogP) is 0.339. The van der Waals surface area contributed by atoms with Crippen LogP contribution in [0.4, 0.5) is 0 Å². The Morgan fingerprint density at radius 2 is 1.80 bits per heavy atom. The number of rotatable bonds is 2. The first kappa shape index (κ1) is 14.1. The summed E-state index contributed by atoms with van der Waals surface area (Å²) in [4.78, 5) is 27.0. The number of aromatic nitrogens is 2. The Hall–Kier alpha value is -2.36. The van der Waals surface area contributed by atoms with Gasteiger partial charge in [0.25, 0.3) is 11.1 Å². The first-order valence-electron chi connectivity index (χ1n) is 6.57. The molecule has 104 valence electrons. The Bertz CT molecular complexity index is 828. The van der Waals surface area contributed by atoms with Gasteiger partial charge < -0.3 is 9.55 Å². The van der Waals surface area contributed by atoms with E-state index < -0.39 is 0 Å². The molecule has 0 aliphatic carbocycles. The molecule has 0 spiro atoms. The minimum atomic E-state index is -0.261. The maximum Gasteiger partial charge on any atom is 0.274 e. The molecule has 1 N–H and O–H groups in total. The molecule has 2 aromatic rings. The molecule has 1 aromatic carbocycles. The van der Waals surface area contributed by atoms with Gasteiger partial charge in [-0.2, -0.15) is 0 Å². The van der Waals surface area contributed by atoms with Crippen molar-refractivity contribution in [3.05, 3.63) is 67.3 Å². The van der Waals surface area contributed by atoms with Crippen LogP contribution in [0.5, 0.6) is 0 Å². The van der Waals surface area contributed by atoms with Crippen molar-refractivity contribution in [1.82, 2.24) is 9.55 Å². The van der Waals surface area contributed by atoms with Crippen molar-refractivity contribution in [2.45, 2.75) is 13.8 Å². The molecule has 1 aromatic heterocycles. The largest absolute Gasteiger partial charge is 0.316 e. The van der Waals surface area contributed by atoms with Crippen molar-refractivity contribution >= 4 is 12.2 Å². The lowest BCUT2D eigenvalue weighted by Crippen LogP contribution is -2.52. The van der Waals surface area contributed by atoms with Gasteiger partial charge in [-0.3, -0.25) is 9.59 Å². The summed E-state index contributed by atoms with van der Waals surface area (Å²) < 4.78 is 1.39. The average Bonchev–Trinajstić information content (AvgIpc) is 2.41. The van der Waals surface area contributed by atoms with Crippen molar-refractivity contribution in [3.63, 3.8) is 0 Å². The summed E-state index contributed by atoms with van der Waals surface area (Å²) in [6, 6.07) is 9.45. The standard InChI is InChI=1S/C16H18N2O2/c1-11(2)9-13-16(20)18(3)14(15(19)17-13)10-12-7-5-4-6-8-12/h4-11H,1-3H3,(H,17,19). The van der Waals surface area contributed by atoms with Gasteiger partial charge in [-0.15, -0.1) is 0 Å². The second-order valence-corrected chi connectivity index (χ2v) is 5.08. The van der Waals surface area contributed by atoms with Crippen molar-refractivity contribution in [3.8, 4) is 0 Å². The lowest BCUT2D eigenvalue weighted by Gasteiger charge is -2.00. The number of hydrogen-bond acceptors (Lipinski definition) is 2. The van der Waals surface area contributed by atoms with E-state index >= 15 is 0 Å². The fourth-order valence-electron chi connectivity index (χ4n) is 2.00. The summed E-state index contributed by atoms with van der Waals surface area (Å²) in [7, 11) is 1.62. The molecule has 0 saturated carbocycles. The van der Waals surface area contributed by atoms with Gasteiger partial charge in [0, 0.05) is 7.05 Å². The van der Waals surface area contributed by atoms with Crippen LogP contribution < -0.4 is 21.8 Å². The van der Waals surface area contributed by atoms with E-state index in [2.05, 4.69) is 4.98 Å². The Morgan fingerprint density at radius 1 is 1.15 bits per heavy atom. The molecule has 0 atom stereocenters. The summed E-state index contributed by atoms with van der Waals surface area (Å²) in [5.41, 5.74) is 0.428. The third kappa shape index (κ3) is 2.96. The van der Waals surface area contributed by atoms with E-state index in [9.17, 15) is 9.59 Å². The number of benzene rings is 1. The van der Waals surface area contributed by atoms with E-state index in [-0.39, 0.29) is 17.0 Å². The van der Waals surface area contributed by atoms with Crippen LogP contribution >= 0.6 is 0 Å². The van der Waals surface area contributed by atoms with Gasteiger partial charge in [0.2, 0.25) is 0 Å². The van der Waals surface area contributed by atoms with Crippen LogP contribution in [0.2, 0.25) is 0 Å². The van der Waals surface area contributed by atoms with Gasteiger partial charge in [0.15, 0.2) is 0 Å². The molecule has 0 amide bonds. The monoisotopic (exact) mass is 270 g/mol. The minimum absolute atomic E-state index is 0.194. The molecule has 0 bridgehead atoms. The fourth-order valence-corrected chi connectivity index (χ4v) is 2.00. The first-order valence-corrected chi connectivity index (χ1v) is 6.57. The number of H-pyrrole nitrogens is 1. The zero-order valence-electron chi connectivity index (χ0n) is 11.9. The molecule has 0 radical (unpaired) electrons. The molecule has 20 heavy (non-hydrogen) atoms. The SMILES string of the molecule is CC(C)C=c1[nH]c(=O)c(=Cc2ccccc2)n(C)c1=O. The van der Waals surface area contributed by atoms with E-state index in [1.54, 1.807) is 19.2 Å². The van der Waals surface area contributed by atoms with Crippen LogP contribution in [-0.4, -0.2) is 9.55 Å². The van der Waals surface area contributed by atoms with Gasteiger partial charge >= 0.3 is 0 Å². The molecule has 2 rings (SSSR count). The summed E-state index contributed by atoms with van der Waals surface area (Å²) in [5.74, 6) is 0.197. The highest BCUT2D eigenvalue weighted by Crippen LogP contribution is 1.97. The Morgan fingerprint density at radius 3 is 2.40 bits per heavy atom. The van der Waals surface area contributed by atoms with E-state index in [1.807, 2.05) is 44.2 Å². The zero-order chi connectivity index (χ0) is 14.7. The van der Waals surface area contributed by atoms with Crippen LogP contribution in [0, 0.1) is 5.92 Å². The average molecular weight is 270 g/mol. The molecule has 4 heteroatoms. The van der Waals surface area contributed by atoms with Gasteiger partial charge in [-0.1, -0.05) is 50.3 Å². The summed E-state index contributed by atoms with van der Waals surface area (Å²) in [6.45, 7) is 3.92. The van der Waals surface area contributed by atoms with E-state index in [1.165, 1.54) is 4.57 Å². The van der Waals surface area contributed by atoms with Crippen LogP contribution in [0.15, 0.2) is 39.9 Å². The molecule has 0 saturated heterocycles. The summed E-state index contributed by atoms with van der Waals surface area (Å²) in [5, 5.41) is 0.694. The molecular formula is C16H18N2O2. The maximum atomic E-state index is 12.2. The van der Waals surface area contributed by atoms with Crippen molar-refractivity contribution in [2.75, 3.05) is 0 Å². The summed E-state index contributed by atoms with van der Waals surface area (Å²) >= 11 is 0. The second kappa shape index (κ2) is 5.74. The van der Waals surface area contributed by atoms with Crippen LogP contribution in [-0.2, 0) is 7.05 Å². The smallest absolute Gasteiger partial charge is 0.274 e. The Balaban J connectivity index is 2.76. The highest BCUT2D eigenvalue weighted by atomic mass is 16.1. The topological polar surface area (TPSA) is 54.9 Å². The molecule has 0 unspecified atom stereocenters. The number of aromatic amines is 1. The molecule has 1 heterocycles. The number of nitrogens with zero attached hydrogens (tertiary/aromatic N) is 1. The molecule has 0 aliphatic rings. The normalized spacial score (nSPS) is 13.2. The zero-order valence-corrected chi connectivity index (χ0v) is 11.9. The van der Waals surface area contributed by atoms with Gasteiger partial charge in [0.05, 0.1) is 0 Å². The third-order valence-corrected chi connectivity index (χ3v) is 2.98. The molecular weight excluding hydrogens is 252 g/mol. The van der Waals surface area contributed by atoms with E-state index in [4.69, 9.17) is 0 Å². The highest BCUT2D eigenvalue weighted by molar-refractivity contribution is 5.47. The lowest BCUT2D eigenvalue weighted by atomic mass is 10.2. The number of hydrogen-bond donors (Lipinski definition) is 1. The Kier molecular flexibility index (Phi) is 4.03. The van der Waals surface area contributed by atoms with Crippen molar-refractivity contribution in [1.29, 1.82) is 0 Å². The Labute approximate surface area is 116 Å². The van der Waals surface area contributed by atoms with Gasteiger partial charge in [-0.05, 0) is 17.6 Å². The van der Waals surface area contributed by atoms with E-state index in [0.717, 1.165) is 5.56 Å².